The molecule has 3 saturated heterocycles. The molecular weight excluding hydrogens is 700 g/mol. The number of piperazine rings is 1. The van der Waals surface area contributed by atoms with Crippen LogP contribution in [0.4, 0.5) is 5.69 Å². The molecule has 4 fully saturated rings. The number of piperidine rings is 2. The number of amides is 3. The summed E-state index contributed by atoms with van der Waals surface area (Å²) in [6, 6.07) is 15.9. The number of sulfonamides is 1. The monoisotopic (exact) mass is 742 g/mol. The minimum Gasteiger partial charge on any atom is -0.346 e. The topological polar surface area (TPSA) is 136 Å². The van der Waals surface area contributed by atoms with Gasteiger partial charge in [0.05, 0.1) is 23.2 Å². The number of nitrogens with zero attached hydrogens (tertiary/aromatic N) is 4. The minimum absolute atomic E-state index is 0.00741. The molecule has 2 aromatic heterocycles. The number of nitrogens with one attached hydrogen (secondary N) is 2. The smallest absolute Gasteiger partial charge is 0.242 e. The first-order chi connectivity index (χ1) is 25.1. The average Bonchev–Trinajstić information content (AvgIpc) is 3.90. The zero-order valence-corrected chi connectivity index (χ0v) is 30.6. The van der Waals surface area contributed by atoms with Crippen molar-refractivity contribution in [3.63, 3.8) is 0 Å². The Morgan fingerprint density at radius 3 is 2.38 bits per heavy atom. The van der Waals surface area contributed by atoms with Gasteiger partial charge in [-0.25, -0.2) is 13.4 Å². The molecular formula is C39H43ClN6O5S. The van der Waals surface area contributed by atoms with E-state index in [0.717, 1.165) is 66.5 Å². The Morgan fingerprint density at radius 2 is 1.65 bits per heavy atom. The number of carbonyl (C=O) groups is 3. The maximum Gasteiger partial charge on any atom is 0.242 e. The Kier molecular flexibility index (Phi) is 9.67. The highest BCUT2D eigenvalue weighted by atomic mass is 35.5. The van der Waals surface area contributed by atoms with E-state index in [2.05, 4.69) is 32.3 Å². The van der Waals surface area contributed by atoms with E-state index in [4.69, 9.17) is 11.6 Å². The molecule has 1 unspecified atom stereocenters. The predicted octanol–water partition coefficient (Wildman–Crippen LogP) is 5.53. The molecule has 52 heavy (non-hydrogen) atoms. The van der Waals surface area contributed by atoms with Crippen molar-refractivity contribution in [2.45, 2.75) is 62.7 Å². The van der Waals surface area contributed by atoms with Crippen LogP contribution in [-0.4, -0.2) is 90.3 Å². The van der Waals surface area contributed by atoms with E-state index >= 15 is 0 Å². The first-order valence-electron chi connectivity index (χ1n) is 18.3. The Morgan fingerprint density at radius 1 is 0.885 bits per heavy atom. The largest absolute Gasteiger partial charge is 0.346 e. The van der Waals surface area contributed by atoms with Gasteiger partial charge in [-0.15, -0.1) is 0 Å². The van der Waals surface area contributed by atoms with Gasteiger partial charge in [-0.05, 0) is 104 Å². The van der Waals surface area contributed by atoms with Crippen LogP contribution in [0.15, 0.2) is 60.9 Å². The Hall–Kier alpha value is -4.10. The number of aromatic amines is 1. The summed E-state index contributed by atoms with van der Waals surface area (Å²) in [7, 11) is -3.59. The molecule has 1 atom stereocenters. The molecule has 1 aliphatic carbocycles. The van der Waals surface area contributed by atoms with Crippen molar-refractivity contribution in [1.82, 2.24) is 24.5 Å². The summed E-state index contributed by atoms with van der Waals surface area (Å²) in [5.74, 6) is -0.0168. The van der Waals surface area contributed by atoms with E-state index in [1.807, 2.05) is 42.6 Å². The summed E-state index contributed by atoms with van der Waals surface area (Å²) in [4.78, 5) is 49.0. The number of rotatable bonds is 10. The summed E-state index contributed by atoms with van der Waals surface area (Å²) in [6.45, 7) is 2.81. The maximum absolute atomic E-state index is 13.4. The van der Waals surface area contributed by atoms with Gasteiger partial charge in [-0.3, -0.25) is 19.7 Å². The third-order valence-electron chi connectivity index (χ3n) is 11.2. The van der Waals surface area contributed by atoms with Crippen molar-refractivity contribution < 1.29 is 22.8 Å². The normalized spacial score (nSPS) is 21.2. The molecule has 1 saturated carbocycles. The third kappa shape index (κ3) is 7.13. The fraction of sp³-hybridized carbons (Fsp3) is 0.436. The number of hydrogen-bond acceptors (Lipinski definition) is 7. The number of pyridine rings is 1. The molecule has 0 radical (unpaired) electrons. The average molecular weight is 743 g/mol. The number of fused-ring (bicyclic) bond motifs is 1. The van der Waals surface area contributed by atoms with Crippen LogP contribution >= 0.6 is 11.6 Å². The van der Waals surface area contributed by atoms with Gasteiger partial charge in [-0.2, -0.15) is 4.31 Å². The lowest BCUT2D eigenvalue weighted by Crippen LogP contribution is -2.53. The SMILES string of the molecule is O=C1CCC(c2ccc(C3CCN(CCCS(=O)(=O)N4CCN(c5cccc(-c6cnc7[nH]cc(C8CC8)c7c6Cl)c5)C(=O)C4)CC3)cc2)C(=O)N1. The van der Waals surface area contributed by atoms with Crippen LogP contribution in [0.1, 0.15) is 79.4 Å². The molecule has 3 aliphatic heterocycles. The number of anilines is 1. The highest BCUT2D eigenvalue weighted by Crippen LogP contribution is 2.46. The van der Waals surface area contributed by atoms with Crippen molar-refractivity contribution in [2.24, 2.45) is 0 Å². The van der Waals surface area contributed by atoms with Crippen LogP contribution in [0.3, 0.4) is 0 Å². The first-order valence-corrected chi connectivity index (χ1v) is 20.3. The number of halogens is 1. The van der Waals surface area contributed by atoms with E-state index in [-0.39, 0.29) is 49.0 Å². The Bertz CT molecular complexity index is 2120. The molecule has 3 amide bonds. The number of H-pyrrole nitrogens is 1. The van der Waals surface area contributed by atoms with Crippen LogP contribution < -0.4 is 10.2 Å². The second kappa shape index (κ2) is 14.4. The lowest BCUT2D eigenvalue weighted by atomic mass is 9.86. The number of imide groups is 1. The highest BCUT2D eigenvalue weighted by molar-refractivity contribution is 7.89. The zero-order chi connectivity index (χ0) is 36.0. The van der Waals surface area contributed by atoms with Gasteiger partial charge in [0.1, 0.15) is 5.65 Å². The summed E-state index contributed by atoms with van der Waals surface area (Å²) in [5.41, 5.74) is 6.53. The van der Waals surface area contributed by atoms with Crippen LogP contribution in [-0.2, 0) is 24.4 Å². The molecule has 272 valence electrons. The Labute approximate surface area is 308 Å². The fourth-order valence-electron chi connectivity index (χ4n) is 8.10. The predicted molar refractivity (Wildman–Crippen MR) is 201 cm³/mol. The standard InChI is InChI=1S/C39H43ClN6O5S/c40-37-33(23-42-38-36(37)32(22-41-38)28-9-10-28)29-3-1-4-30(21-29)46-19-18-45(24-35(46)48)52(50,51)20-2-15-44-16-13-26(14-17-44)25-5-7-27(8-6-25)31-11-12-34(47)43-39(31)49/h1,3-8,21-23,26,28,31H,2,9-20,24H2,(H,41,42)(H,43,47,49). The summed E-state index contributed by atoms with van der Waals surface area (Å²) in [5, 5.41) is 4.04. The lowest BCUT2D eigenvalue weighted by molar-refractivity contribution is -0.134. The molecule has 4 aliphatic rings. The van der Waals surface area contributed by atoms with Crippen LogP contribution in [0.2, 0.25) is 5.02 Å². The van der Waals surface area contributed by atoms with Gasteiger partial charge in [0.25, 0.3) is 0 Å². The number of likely N-dealkylation sites (tertiary alicyclic amines) is 1. The molecule has 11 nitrogen and oxygen atoms in total. The first kappa shape index (κ1) is 35.0. The molecule has 0 spiro atoms. The molecule has 4 aromatic rings. The summed E-state index contributed by atoms with van der Waals surface area (Å²) >= 11 is 6.95. The highest BCUT2D eigenvalue weighted by Gasteiger charge is 2.33. The number of hydrogen-bond donors (Lipinski definition) is 2. The Balaban J connectivity index is 0.819. The fourth-order valence-corrected chi connectivity index (χ4v) is 9.88. The van der Waals surface area contributed by atoms with Crippen LogP contribution in [0.5, 0.6) is 0 Å². The van der Waals surface area contributed by atoms with Crippen LogP contribution in [0.25, 0.3) is 22.2 Å². The maximum atomic E-state index is 13.4. The zero-order valence-electron chi connectivity index (χ0n) is 29.0. The molecule has 0 bridgehead atoms. The summed E-state index contributed by atoms with van der Waals surface area (Å²) < 4.78 is 28.0. The van der Waals surface area contributed by atoms with Crippen molar-refractivity contribution in [2.75, 3.05) is 49.9 Å². The van der Waals surface area contributed by atoms with Gasteiger partial charge in [0.2, 0.25) is 27.7 Å². The van der Waals surface area contributed by atoms with E-state index in [9.17, 15) is 22.8 Å². The van der Waals surface area contributed by atoms with Crippen molar-refractivity contribution in [3.8, 4) is 11.1 Å². The van der Waals surface area contributed by atoms with Crippen molar-refractivity contribution in [1.29, 1.82) is 0 Å². The second-order valence-electron chi connectivity index (χ2n) is 14.6. The second-order valence-corrected chi connectivity index (χ2v) is 17.1. The quantitative estimate of drug-likeness (QED) is 0.204. The van der Waals surface area contributed by atoms with Crippen molar-refractivity contribution >= 4 is 56.1 Å². The molecule has 5 heterocycles. The summed E-state index contributed by atoms with van der Waals surface area (Å²) in [6.07, 6.45) is 9.45. The van der Waals surface area contributed by atoms with E-state index in [1.54, 1.807) is 11.1 Å². The molecule has 13 heteroatoms. The van der Waals surface area contributed by atoms with Gasteiger partial charge >= 0.3 is 0 Å². The number of carbonyl (C=O) groups excluding carboxylic acids is 3. The van der Waals surface area contributed by atoms with Gasteiger partial charge in [0.15, 0.2) is 0 Å². The molecule has 2 N–H and O–H groups in total. The number of aromatic nitrogens is 2. The minimum atomic E-state index is -3.59. The molecule has 2 aromatic carbocycles. The van der Waals surface area contributed by atoms with E-state index in [1.165, 1.54) is 15.4 Å². The third-order valence-corrected chi connectivity index (χ3v) is 13.5. The molecule has 8 rings (SSSR count). The van der Waals surface area contributed by atoms with Gasteiger partial charge in [-0.1, -0.05) is 48.0 Å². The van der Waals surface area contributed by atoms with Crippen LogP contribution in [0, 0.1) is 0 Å². The van der Waals surface area contributed by atoms with Gasteiger partial charge in [0, 0.05) is 48.5 Å². The van der Waals surface area contributed by atoms with Crippen molar-refractivity contribution in [3.05, 3.63) is 82.6 Å². The van der Waals surface area contributed by atoms with E-state index < -0.39 is 10.0 Å². The number of benzene rings is 2. The lowest BCUT2D eigenvalue weighted by Gasteiger charge is -2.34. The van der Waals surface area contributed by atoms with Gasteiger partial charge < -0.3 is 14.8 Å². The van der Waals surface area contributed by atoms with E-state index in [0.29, 0.717) is 48.4 Å².